The molecule has 2 aromatic carbocycles. The van der Waals surface area contributed by atoms with Gasteiger partial charge in [-0.1, -0.05) is 67.1 Å². The predicted molar refractivity (Wildman–Crippen MR) is 109 cm³/mol. The second-order valence-electron chi connectivity index (χ2n) is 7.26. The lowest BCUT2D eigenvalue weighted by Crippen LogP contribution is -2.50. The summed E-state index contributed by atoms with van der Waals surface area (Å²) in [6, 6.07) is 17.3. The van der Waals surface area contributed by atoms with Gasteiger partial charge in [-0.15, -0.1) is 0 Å². The Balaban J connectivity index is 2.28. The summed E-state index contributed by atoms with van der Waals surface area (Å²) in [7, 11) is 0. The molecule has 27 heavy (non-hydrogen) atoms. The Morgan fingerprint density at radius 3 is 2.26 bits per heavy atom. The maximum Gasteiger partial charge on any atom is 0.243 e. The molecule has 0 unspecified atom stereocenters. The van der Waals surface area contributed by atoms with Crippen LogP contribution in [0.5, 0.6) is 0 Å². The summed E-state index contributed by atoms with van der Waals surface area (Å²) in [5.41, 5.74) is 3.13. The number of amides is 2. The van der Waals surface area contributed by atoms with Gasteiger partial charge in [0, 0.05) is 12.6 Å². The summed E-state index contributed by atoms with van der Waals surface area (Å²) >= 11 is 0. The Morgan fingerprint density at radius 1 is 1.00 bits per heavy atom. The topological polar surface area (TPSA) is 49.4 Å². The Hall–Kier alpha value is -2.62. The summed E-state index contributed by atoms with van der Waals surface area (Å²) in [5, 5.41) is 2.96. The Labute approximate surface area is 162 Å². The van der Waals surface area contributed by atoms with Crippen LogP contribution in [0.25, 0.3) is 0 Å². The van der Waals surface area contributed by atoms with E-state index >= 15 is 0 Å². The van der Waals surface area contributed by atoms with E-state index in [1.807, 2.05) is 76.2 Å². The van der Waals surface area contributed by atoms with E-state index in [0.717, 1.165) is 16.7 Å². The zero-order valence-corrected chi connectivity index (χ0v) is 16.7. The molecule has 0 aliphatic carbocycles. The first-order valence-electron chi connectivity index (χ1n) is 9.60. The van der Waals surface area contributed by atoms with Gasteiger partial charge < -0.3 is 10.2 Å². The number of benzene rings is 2. The second-order valence-corrected chi connectivity index (χ2v) is 7.26. The Morgan fingerprint density at radius 2 is 1.67 bits per heavy atom. The van der Waals surface area contributed by atoms with Crippen LogP contribution < -0.4 is 5.32 Å². The second kappa shape index (κ2) is 9.91. The van der Waals surface area contributed by atoms with Crippen molar-refractivity contribution in [2.24, 2.45) is 0 Å². The number of nitrogens with one attached hydrogen (secondary N) is 1. The molecule has 0 heterocycles. The number of aryl methyl sites for hydroxylation is 1. The molecule has 144 valence electrons. The molecule has 0 saturated carbocycles. The third-order valence-corrected chi connectivity index (χ3v) is 4.45. The highest BCUT2D eigenvalue weighted by atomic mass is 16.2. The first kappa shape index (κ1) is 20.7. The van der Waals surface area contributed by atoms with E-state index in [1.54, 1.807) is 4.90 Å². The van der Waals surface area contributed by atoms with Gasteiger partial charge in [-0.2, -0.15) is 0 Å². The molecule has 4 nitrogen and oxygen atoms in total. The molecule has 2 rings (SSSR count). The molecule has 0 aliphatic rings. The molecule has 0 spiro atoms. The Bertz CT molecular complexity index is 756. The number of carbonyl (C=O) groups excluding carboxylic acids is 2. The molecule has 0 fully saturated rings. The Kier molecular flexibility index (Phi) is 7.59. The van der Waals surface area contributed by atoms with Crippen molar-refractivity contribution in [1.29, 1.82) is 0 Å². The molecular formula is C23H30N2O2. The highest BCUT2D eigenvalue weighted by molar-refractivity contribution is 5.88. The minimum absolute atomic E-state index is 0.0338. The van der Waals surface area contributed by atoms with Gasteiger partial charge in [0.2, 0.25) is 11.8 Å². The van der Waals surface area contributed by atoms with Gasteiger partial charge in [-0.3, -0.25) is 9.59 Å². The molecule has 0 saturated heterocycles. The molecule has 2 amide bonds. The monoisotopic (exact) mass is 366 g/mol. The fraction of sp³-hybridized carbons (Fsp3) is 0.391. The molecule has 0 bridgehead atoms. The number of hydrogen-bond acceptors (Lipinski definition) is 2. The van der Waals surface area contributed by atoms with Gasteiger partial charge in [0.25, 0.3) is 0 Å². The molecule has 0 aromatic heterocycles. The third-order valence-electron chi connectivity index (χ3n) is 4.45. The van der Waals surface area contributed by atoms with Crippen LogP contribution in [0.3, 0.4) is 0 Å². The van der Waals surface area contributed by atoms with E-state index < -0.39 is 6.04 Å². The number of hydrogen-bond donors (Lipinski definition) is 1. The summed E-state index contributed by atoms with van der Waals surface area (Å²) in [6.07, 6.45) is 0.864. The van der Waals surface area contributed by atoms with E-state index in [9.17, 15) is 9.59 Å². The molecule has 4 heteroatoms. The minimum Gasteiger partial charge on any atom is -0.352 e. The van der Waals surface area contributed by atoms with Crippen LogP contribution >= 0.6 is 0 Å². The van der Waals surface area contributed by atoms with E-state index in [0.29, 0.717) is 13.0 Å². The SMILES string of the molecule is CC[C@@H](C(=O)NC(C)C)N(Cc1cccc(C)c1)C(=O)Cc1ccccc1. The first-order valence-corrected chi connectivity index (χ1v) is 9.60. The smallest absolute Gasteiger partial charge is 0.243 e. The third kappa shape index (κ3) is 6.24. The minimum atomic E-state index is -0.482. The molecule has 0 aliphatic heterocycles. The molecule has 1 N–H and O–H groups in total. The van der Waals surface area contributed by atoms with Crippen molar-refractivity contribution >= 4 is 11.8 Å². The zero-order valence-electron chi connectivity index (χ0n) is 16.7. The van der Waals surface area contributed by atoms with Crippen LogP contribution in [0.1, 0.15) is 43.9 Å². The average molecular weight is 367 g/mol. The first-order chi connectivity index (χ1) is 12.9. The van der Waals surface area contributed by atoms with Crippen LogP contribution in [0.2, 0.25) is 0 Å². The van der Waals surface area contributed by atoms with Crippen molar-refractivity contribution in [3.8, 4) is 0 Å². The standard InChI is InChI=1S/C23H30N2O2/c1-5-21(23(27)24-17(2)3)25(16-20-13-9-10-18(4)14-20)22(26)15-19-11-7-6-8-12-19/h6-14,17,21H,5,15-16H2,1-4H3,(H,24,27)/t21-/m0/s1. The molecule has 0 radical (unpaired) electrons. The maximum atomic E-state index is 13.1. The average Bonchev–Trinajstić information content (AvgIpc) is 2.61. The van der Waals surface area contributed by atoms with E-state index in [2.05, 4.69) is 11.4 Å². The zero-order chi connectivity index (χ0) is 19.8. The number of nitrogens with zero attached hydrogens (tertiary/aromatic N) is 1. The van der Waals surface area contributed by atoms with E-state index in [4.69, 9.17) is 0 Å². The van der Waals surface area contributed by atoms with Gasteiger partial charge >= 0.3 is 0 Å². The number of carbonyl (C=O) groups is 2. The van der Waals surface area contributed by atoms with Crippen molar-refractivity contribution in [2.75, 3.05) is 0 Å². The molecule has 1 atom stereocenters. The van der Waals surface area contributed by atoms with Crippen molar-refractivity contribution in [1.82, 2.24) is 10.2 Å². The van der Waals surface area contributed by atoms with Crippen LogP contribution in [0, 0.1) is 6.92 Å². The van der Waals surface area contributed by atoms with Gasteiger partial charge in [0.1, 0.15) is 6.04 Å². The summed E-state index contributed by atoms with van der Waals surface area (Å²) < 4.78 is 0. The van der Waals surface area contributed by atoms with Crippen LogP contribution in [0.4, 0.5) is 0 Å². The van der Waals surface area contributed by atoms with E-state index in [-0.39, 0.29) is 24.3 Å². The van der Waals surface area contributed by atoms with Gasteiger partial charge in [0.05, 0.1) is 6.42 Å². The predicted octanol–water partition coefficient (Wildman–Crippen LogP) is 3.87. The van der Waals surface area contributed by atoms with Crippen molar-refractivity contribution in [2.45, 2.75) is 59.2 Å². The normalized spacial score (nSPS) is 11.9. The number of rotatable bonds is 8. The fourth-order valence-corrected chi connectivity index (χ4v) is 3.18. The quantitative estimate of drug-likeness (QED) is 0.771. The summed E-state index contributed by atoms with van der Waals surface area (Å²) in [4.78, 5) is 27.6. The van der Waals surface area contributed by atoms with Crippen molar-refractivity contribution in [3.63, 3.8) is 0 Å². The van der Waals surface area contributed by atoms with Crippen molar-refractivity contribution in [3.05, 3.63) is 71.3 Å². The maximum absolute atomic E-state index is 13.1. The van der Waals surface area contributed by atoms with Crippen LogP contribution in [-0.2, 0) is 22.6 Å². The lowest BCUT2D eigenvalue weighted by molar-refractivity contribution is -0.141. The summed E-state index contributed by atoms with van der Waals surface area (Å²) in [6.45, 7) is 8.27. The highest BCUT2D eigenvalue weighted by Crippen LogP contribution is 2.15. The lowest BCUT2D eigenvalue weighted by atomic mass is 10.1. The fourth-order valence-electron chi connectivity index (χ4n) is 3.18. The van der Waals surface area contributed by atoms with Crippen LogP contribution in [0.15, 0.2) is 54.6 Å². The molecular weight excluding hydrogens is 336 g/mol. The van der Waals surface area contributed by atoms with Gasteiger partial charge in [-0.25, -0.2) is 0 Å². The van der Waals surface area contributed by atoms with Gasteiger partial charge in [-0.05, 0) is 38.3 Å². The van der Waals surface area contributed by atoms with Crippen LogP contribution in [-0.4, -0.2) is 28.8 Å². The lowest BCUT2D eigenvalue weighted by Gasteiger charge is -2.31. The van der Waals surface area contributed by atoms with Crippen molar-refractivity contribution < 1.29 is 9.59 Å². The largest absolute Gasteiger partial charge is 0.352 e. The highest BCUT2D eigenvalue weighted by Gasteiger charge is 2.28. The molecule has 2 aromatic rings. The summed E-state index contributed by atoms with van der Waals surface area (Å²) in [5.74, 6) is -0.130. The van der Waals surface area contributed by atoms with Gasteiger partial charge in [0.15, 0.2) is 0 Å². The van der Waals surface area contributed by atoms with E-state index in [1.165, 1.54) is 0 Å².